The number of amides is 1. The quantitative estimate of drug-likeness (QED) is 0.897. The van der Waals surface area contributed by atoms with Crippen LogP contribution in [0.25, 0.3) is 0 Å². The van der Waals surface area contributed by atoms with E-state index in [9.17, 15) is 4.79 Å². The Morgan fingerprint density at radius 1 is 1.40 bits per heavy atom. The van der Waals surface area contributed by atoms with E-state index in [4.69, 9.17) is 0 Å². The van der Waals surface area contributed by atoms with Gasteiger partial charge in [0.15, 0.2) is 0 Å². The SMILES string of the molecule is CCC(C(=O)NC1CCCNC1C)c1ccccc1.Cl. The number of carbonyl (C=O) groups is 1. The standard InChI is InChI=1S/C16H24N2O.ClH/c1-3-14(13-8-5-4-6-9-13)16(19)18-15-10-7-11-17-12(15)2;/h4-6,8-9,12,14-15,17H,3,7,10-11H2,1-2H3,(H,18,19);1H. The molecule has 1 aromatic rings. The maximum atomic E-state index is 12.4. The zero-order valence-electron chi connectivity index (χ0n) is 12.3. The summed E-state index contributed by atoms with van der Waals surface area (Å²) in [5, 5.41) is 6.64. The lowest BCUT2D eigenvalue weighted by molar-refractivity contribution is -0.123. The highest BCUT2D eigenvalue weighted by Crippen LogP contribution is 2.20. The van der Waals surface area contributed by atoms with Gasteiger partial charge in [-0.15, -0.1) is 12.4 Å². The summed E-state index contributed by atoms with van der Waals surface area (Å²) in [6.45, 7) is 5.27. The molecule has 0 radical (unpaired) electrons. The van der Waals surface area contributed by atoms with Gasteiger partial charge in [-0.3, -0.25) is 4.79 Å². The largest absolute Gasteiger partial charge is 0.351 e. The summed E-state index contributed by atoms with van der Waals surface area (Å²) in [4.78, 5) is 12.4. The van der Waals surface area contributed by atoms with E-state index in [0.717, 1.165) is 31.4 Å². The summed E-state index contributed by atoms with van der Waals surface area (Å²) < 4.78 is 0. The van der Waals surface area contributed by atoms with E-state index in [1.807, 2.05) is 30.3 Å². The maximum Gasteiger partial charge on any atom is 0.227 e. The molecular weight excluding hydrogens is 272 g/mol. The molecule has 1 fully saturated rings. The van der Waals surface area contributed by atoms with Gasteiger partial charge in [-0.1, -0.05) is 37.3 Å². The minimum absolute atomic E-state index is 0. The molecule has 1 aromatic carbocycles. The van der Waals surface area contributed by atoms with Crippen LogP contribution in [0.5, 0.6) is 0 Å². The zero-order valence-corrected chi connectivity index (χ0v) is 13.1. The first-order valence-corrected chi connectivity index (χ1v) is 7.31. The smallest absolute Gasteiger partial charge is 0.227 e. The molecule has 3 atom stereocenters. The number of piperidine rings is 1. The molecule has 4 heteroatoms. The fourth-order valence-electron chi connectivity index (χ4n) is 2.78. The van der Waals surface area contributed by atoms with E-state index in [1.54, 1.807) is 0 Å². The predicted molar refractivity (Wildman–Crippen MR) is 85.4 cm³/mol. The van der Waals surface area contributed by atoms with Crippen molar-refractivity contribution >= 4 is 18.3 Å². The lowest BCUT2D eigenvalue weighted by atomic mass is 9.93. The van der Waals surface area contributed by atoms with Crippen LogP contribution in [-0.4, -0.2) is 24.5 Å². The number of hydrogen-bond acceptors (Lipinski definition) is 2. The van der Waals surface area contributed by atoms with Crippen LogP contribution in [0.3, 0.4) is 0 Å². The van der Waals surface area contributed by atoms with Crippen molar-refractivity contribution in [2.24, 2.45) is 0 Å². The molecular formula is C16H25ClN2O. The summed E-state index contributed by atoms with van der Waals surface area (Å²) in [6.07, 6.45) is 3.05. The molecule has 0 spiro atoms. The zero-order chi connectivity index (χ0) is 13.7. The highest BCUT2D eigenvalue weighted by molar-refractivity contribution is 5.85. The lowest BCUT2D eigenvalue weighted by Crippen LogP contribution is -2.52. The molecule has 20 heavy (non-hydrogen) atoms. The first-order chi connectivity index (χ1) is 9.22. The summed E-state index contributed by atoms with van der Waals surface area (Å²) >= 11 is 0. The number of benzene rings is 1. The molecule has 0 aromatic heterocycles. The molecule has 0 bridgehead atoms. The van der Waals surface area contributed by atoms with Gasteiger partial charge >= 0.3 is 0 Å². The van der Waals surface area contributed by atoms with Gasteiger partial charge in [0.25, 0.3) is 0 Å². The third-order valence-corrected chi connectivity index (χ3v) is 4.02. The first-order valence-electron chi connectivity index (χ1n) is 7.31. The minimum atomic E-state index is -0.0321. The van der Waals surface area contributed by atoms with Crippen molar-refractivity contribution in [1.82, 2.24) is 10.6 Å². The first kappa shape index (κ1) is 17.0. The van der Waals surface area contributed by atoms with Gasteiger partial charge in [-0.25, -0.2) is 0 Å². The Labute approximate surface area is 127 Å². The highest BCUT2D eigenvalue weighted by Gasteiger charge is 2.26. The van der Waals surface area contributed by atoms with Crippen LogP contribution < -0.4 is 10.6 Å². The third-order valence-electron chi connectivity index (χ3n) is 4.02. The average Bonchev–Trinajstić information content (AvgIpc) is 2.43. The second kappa shape index (κ2) is 8.28. The number of halogens is 1. The molecule has 3 nitrogen and oxygen atoms in total. The predicted octanol–water partition coefficient (Wildman–Crippen LogP) is 2.86. The fourth-order valence-corrected chi connectivity index (χ4v) is 2.78. The third kappa shape index (κ3) is 4.22. The Balaban J connectivity index is 0.00000200. The Morgan fingerprint density at radius 3 is 2.70 bits per heavy atom. The Bertz CT molecular complexity index is 410. The van der Waals surface area contributed by atoms with Crippen molar-refractivity contribution in [2.45, 2.75) is 51.1 Å². The molecule has 1 amide bonds. The highest BCUT2D eigenvalue weighted by atomic mass is 35.5. The summed E-state index contributed by atoms with van der Waals surface area (Å²) in [5.74, 6) is 0.129. The molecule has 0 aliphatic carbocycles. The van der Waals surface area contributed by atoms with E-state index in [2.05, 4.69) is 24.5 Å². The number of nitrogens with one attached hydrogen (secondary N) is 2. The molecule has 2 rings (SSSR count). The van der Waals surface area contributed by atoms with E-state index in [1.165, 1.54) is 0 Å². The van der Waals surface area contributed by atoms with Gasteiger partial charge < -0.3 is 10.6 Å². The number of carbonyl (C=O) groups excluding carboxylic acids is 1. The van der Waals surface area contributed by atoms with E-state index < -0.39 is 0 Å². The van der Waals surface area contributed by atoms with Crippen LogP contribution in [0.1, 0.15) is 44.6 Å². The van der Waals surface area contributed by atoms with Crippen LogP contribution in [0.4, 0.5) is 0 Å². The van der Waals surface area contributed by atoms with Crippen molar-refractivity contribution in [3.63, 3.8) is 0 Å². The monoisotopic (exact) mass is 296 g/mol. The van der Waals surface area contributed by atoms with Crippen LogP contribution in [0.15, 0.2) is 30.3 Å². The Morgan fingerprint density at radius 2 is 2.10 bits per heavy atom. The number of rotatable bonds is 4. The molecule has 1 aliphatic rings. The van der Waals surface area contributed by atoms with Crippen LogP contribution in [-0.2, 0) is 4.79 Å². The van der Waals surface area contributed by atoms with E-state index in [0.29, 0.717) is 6.04 Å². The maximum absolute atomic E-state index is 12.4. The van der Waals surface area contributed by atoms with E-state index in [-0.39, 0.29) is 30.3 Å². The van der Waals surface area contributed by atoms with Crippen molar-refractivity contribution in [1.29, 1.82) is 0 Å². The Hall–Kier alpha value is -1.06. The molecule has 1 heterocycles. The molecule has 1 aliphatic heterocycles. The number of hydrogen-bond donors (Lipinski definition) is 2. The van der Waals surface area contributed by atoms with E-state index >= 15 is 0 Å². The van der Waals surface area contributed by atoms with Gasteiger partial charge in [0, 0.05) is 12.1 Å². The molecule has 112 valence electrons. The van der Waals surface area contributed by atoms with Crippen LogP contribution in [0.2, 0.25) is 0 Å². The molecule has 2 N–H and O–H groups in total. The van der Waals surface area contributed by atoms with Crippen LogP contribution >= 0.6 is 12.4 Å². The van der Waals surface area contributed by atoms with Crippen molar-refractivity contribution in [3.8, 4) is 0 Å². The van der Waals surface area contributed by atoms with Gasteiger partial charge in [-0.2, -0.15) is 0 Å². The van der Waals surface area contributed by atoms with Gasteiger partial charge in [0.2, 0.25) is 5.91 Å². The van der Waals surface area contributed by atoms with Gasteiger partial charge in [0.05, 0.1) is 5.92 Å². The molecule has 1 saturated heterocycles. The normalized spacial score (nSPS) is 23.5. The van der Waals surface area contributed by atoms with Gasteiger partial charge in [-0.05, 0) is 38.3 Å². The van der Waals surface area contributed by atoms with Crippen LogP contribution in [0, 0.1) is 0 Å². The van der Waals surface area contributed by atoms with Crippen molar-refractivity contribution in [3.05, 3.63) is 35.9 Å². The van der Waals surface area contributed by atoms with Gasteiger partial charge in [0.1, 0.15) is 0 Å². The second-order valence-electron chi connectivity index (χ2n) is 5.37. The lowest BCUT2D eigenvalue weighted by Gasteiger charge is -2.31. The van der Waals surface area contributed by atoms with Crippen molar-refractivity contribution in [2.75, 3.05) is 6.54 Å². The average molecular weight is 297 g/mol. The van der Waals surface area contributed by atoms with Crippen molar-refractivity contribution < 1.29 is 4.79 Å². The second-order valence-corrected chi connectivity index (χ2v) is 5.37. The molecule has 0 saturated carbocycles. The summed E-state index contributed by atoms with van der Waals surface area (Å²) in [7, 11) is 0. The minimum Gasteiger partial charge on any atom is -0.351 e. The summed E-state index contributed by atoms with van der Waals surface area (Å²) in [6, 6.07) is 10.7. The molecule has 3 unspecified atom stereocenters. The topological polar surface area (TPSA) is 41.1 Å². The summed E-state index contributed by atoms with van der Waals surface area (Å²) in [5.41, 5.74) is 1.11. The fraction of sp³-hybridized carbons (Fsp3) is 0.562. The Kier molecular flexibility index (Phi) is 7.03.